The van der Waals surface area contributed by atoms with Crippen LogP contribution in [-0.4, -0.2) is 17.1 Å². The molecule has 0 saturated carbocycles. The van der Waals surface area contributed by atoms with Gasteiger partial charge in [-0.05, 0) is 37.3 Å². The van der Waals surface area contributed by atoms with Gasteiger partial charge in [-0.2, -0.15) is 5.26 Å². The van der Waals surface area contributed by atoms with Crippen LogP contribution in [0.2, 0.25) is 5.02 Å². The molecule has 0 bridgehead atoms. The van der Waals surface area contributed by atoms with Crippen LogP contribution < -0.4 is 15.4 Å². The number of aryl methyl sites for hydroxylation is 1. The lowest BCUT2D eigenvalue weighted by Crippen LogP contribution is -2.03. The fourth-order valence-corrected chi connectivity index (χ4v) is 2.61. The van der Waals surface area contributed by atoms with E-state index in [2.05, 4.69) is 26.7 Å². The number of anilines is 4. The molecule has 0 aliphatic rings. The van der Waals surface area contributed by atoms with Crippen LogP contribution in [-0.2, 0) is 0 Å². The van der Waals surface area contributed by atoms with Crippen molar-refractivity contribution in [2.75, 3.05) is 17.7 Å². The highest BCUT2D eigenvalue weighted by Gasteiger charge is 2.09. The van der Waals surface area contributed by atoms with Crippen LogP contribution in [0.3, 0.4) is 0 Å². The lowest BCUT2D eigenvalue weighted by molar-refractivity contribution is 0.417. The van der Waals surface area contributed by atoms with Gasteiger partial charge in [-0.1, -0.05) is 23.7 Å². The third-order valence-electron chi connectivity index (χ3n) is 3.57. The monoisotopic (exact) mass is 365 g/mol. The number of rotatable bonds is 5. The predicted molar refractivity (Wildman–Crippen MR) is 102 cm³/mol. The third kappa shape index (κ3) is 4.02. The SMILES string of the molecule is COc1ccc(Cl)cc1Nc1cc(Nc2ccccc2C#N)nc(C)n1. The molecule has 130 valence electrons. The Bertz CT molecular complexity index is 984. The molecule has 0 aliphatic heterocycles. The van der Waals surface area contributed by atoms with E-state index in [4.69, 9.17) is 16.3 Å². The second-order valence-electron chi connectivity index (χ2n) is 5.44. The second kappa shape index (κ2) is 7.72. The van der Waals surface area contributed by atoms with E-state index in [0.29, 0.717) is 45.2 Å². The summed E-state index contributed by atoms with van der Waals surface area (Å²) in [5.41, 5.74) is 1.91. The van der Waals surface area contributed by atoms with Crippen LogP contribution in [0.4, 0.5) is 23.0 Å². The van der Waals surface area contributed by atoms with E-state index in [9.17, 15) is 5.26 Å². The van der Waals surface area contributed by atoms with Crippen molar-refractivity contribution in [1.29, 1.82) is 5.26 Å². The summed E-state index contributed by atoms with van der Waals surface area (Å²) < 4.78 is 5.34. The topological polar surface area (TPSA) is 82.9 Å². The van der Waals surface area contributed by atoms with Gasteiger partial charge in [0.05, 0.1) is 24.0 Å². The molecule has 26 heavy (non-hydrogen) atoms. The van der Waals surface area contributed by atoms with Crippen molar-refractivity contribution < 1.29 is 4.74 Å². The summed E-state index contributed by atoms with van der Waals surface area (Å²) in [6.45, 7) is 1.79. The largest absolute Gasteiger partial charge is 0.495 e. The molecular formula is C19H16ClN5O. The second-order valence-corrected chi connectivity index (χ2v) is 5.87. The summed E-state index contributed by atoms with van der Waals surface area (Å²) in [6, 6.07) is 16.4. The van der Waals surface area contributed by atoms with Crippen LogP contribution in [0.25, 0.3) is 0 Å². The number of hydrogen-bond donors (Lipinski definition) is 2. The summed E-state index contributed by atoms with van der Waals surface area (Å²) in [4.78, 5) is 8.77. The van der Waals surface area contributed by atoms with Crippen molar-refractivity contribution in [1.82, 2.24) is 9.97 Å². The molecule has 0 radical (unpaired) electrons. The molecule has 3 aromatic rings. The van der Waals surface area contributed by atoms with Crippen molar-refractivity contribution in [2.24, 2.45) is 0 Å². The Labute approximate surface area is 156 Å². The number of para-hydroxylation sites is 1. The molecule has 7 heteroatoms. The highest BCUT2D eigenvalue weighted by atomic mass is 35.5. The van der Waals surface area contributed by atoms with E-state index in [1.807, 2.05) is 18.2 Å². The van der Waals surface area contributed by atoms with Gasteiger partial charge >= 0.3 is 0 Å². The molecule has 0 unspecified atom stereocenters. The number of nitriles is 1. The minimum Gasteiger partial charge on any atom is -0.495 e. The molecule has 0 fully saturated rings. The lowest BCUT2D eigenvalue weighted by atomic mass is 10.2. The van der Waals surface area contributed by atoms with Crippen LogP contribution >= 0.6 is 11.6 Å². The third-order valence-corrected chi connectivity index (χ3v) is 3.81. The minimum absolute atomic E-state index is 0.537. The number of nitrogens with one attached hydrogen (secondary N) is 2. The Kier molecular flexibility index (Phi) is 5.20. The number of ether oxygens (including phenoxy) is 1. The first kappa shape index (κ1) is 17.5. The molecule has 0 spiro atoms. The maximum atomic E-state index is 9.22. The molecule has 1 aromatic heterocycles. The molecule has 0 aliphatic carbocycles. The van der Waals surface area contributed by atoms with Gasteiger partial charge in [0.15, 0.2) is 0 Å². The van der Waals surface area contributed by atoms with Gasteiger partial charge < -0.3 is 15.4 Å². The zero-order valence-corrected chi connectivity index (χ0v) is 15.0. The number of nitrogens with zero attached hydrogens (tertiary/aromatic N) is 3. The molecule has 0 amide bonds. The first-order valence-corrected chi connectivity index (χ1v) is 8.19. The van der Waals surface area contributed by atoms with Crippen molar-refractivity contribution >= 4 is 34.6 Å². The summed E-state index contributed by atoms with van der Waals surface area (Å²) in [7, 11) is 1.59. The molecular weight excluding hydrogens is 350 g/mol. The Morgan fingerprint density at radius 2 is 1.69 bits per heavy atom. The molecule has 2 aromatic carbocycles. The molecule has 0 atom stereocenters. The Balaban J connectivity index is 1.91. The predicted octanol–water partition coefficient (Wildman–Crippen LogP) is 4.81. The van der Waals surface area contributed by atoms with E-state index in [1.165, 1.54) is 0 Å². The summed E-state index contributed by atoms with van der Waals surface area (Å²) >= 11 is 6.07. The van der Waals surface area contributed by atoms with Crippen LogP contribution in [0.1, 0.15) is 11.4 Å². The Hall–Kier alpha value is -3.30. The Morgan fingerprint density at radius 3 is 2.38 bits per heavy atom. The quantitative estimate of drug-likeness (QED) is 0.675. The number of halogens is 1. The molecule has 1 heterocycles. The number of methoxy groups -OCH3 is 1. The van der Waals surface area contributed by atoms with Gasteiger partial charge in [0.25, 0.3) is 0 Å². The van der Waals surface area contributed by atoms with Crippen molar-refractivity contribution in [2.45, 2.75) is 6.92 Å². The van der Waals surface area contributed by atoms with E-state index in [1.54, 1.807) is 44.4 Å². The van der Waals surface area contributed by atoms with Gasteiger partial charge in [0, 0.05) is 11.1 Å². The van der Waals surface area contributed by atoms with Gasteiger partial charge in [0.1, 0.15) is 29.3 Å². The standard InChI is InChI=1S/C19H16ClN5O/c1-12-22-18(24-15-6-4-3-5-13(15)11-21)10-19(23-12)25-16-9-14(20)7-8-17(16)26-2/h3-10H,1-2H3,(H2,22,23,24,25). The average Bonchev–Trinajstić information content (AvgIpc) is 2.62. The smallest absolute Gasteiger partial charge is 0.142 e. The normalized spacial score (nSPS) is 10.1. The number of hydrogen-bond acceptors (Lipinski definition) is 6. The van der Waals surface area contributed by atoms with Crippen LogP contribution in [0, 0.1) is 18.3 Å². The maximum Gasteiger partial charge on any atom is 0.142 e. The van der Waals surface area contributed by atoms with Gasteiger partial charge in [0.2, 0.25) is 0 Å². The van der Waals surface area contributed by atoms with E-state index >= 15 is 0 Å². The molecule has 0 saturated heterocycles. The van der Waals surface area contributed by atoms with Crippen molar-refractivity contribution in [3.05, 3.63) is 64.9 Å². The van der Waals surface area contributed by atoms with Crippen LogP contribution in [0.5, 0.6) is 5.75 Å². The minimum atomic E-state index is 0.537. The highest BCUT2D eigenvalue weighted by Crippen LogP contribution is 2.30. The first-order valence-electron chi connectivity index (χ1n) is 7.81. The van der Waals surface area contributed by atoms with E-state index in [0.717, 1.165) is 0 Å². The first-order chi connectivity index (χ1) is 12.6. The van der Waals surface area contributed by atoms with Crippen molar-refractivity contribution in [3.8, 4) is 11.8 Å². The van der Waals surface area contributed by atoms with Crippen molar-refractivity contribution in [3.63, 3.8) is 0 Å². The van der Waals surface area contributed by atoms with Gasteiger partial charge in [-0.15, -0.1) is 0 Å². The summed E-state index contributed by atoms with van der Waals surface area (Å²) in [5.74, 6) is 2.38. The molecule has 2 N–H and O–H groups in total. The number of aromatic nitrogens is 2. The zero-order chi connectivity index (χ0) is 18.5. The highest BCUT2D eigenvalue weighted by molar-refractivity contribution is 6.31. The molecule has 3 rings (SSSR count). The van der Waals surface area contributed by atoms with Gasteiger partial charge in [-0.3, -0.25) is 0 Å². The number of benzene rings is 2. The Morgan fingerprint density at radius 1 is 1.00 bits per heavy atom. The maximum absolute atomic E-state index is 9.22. The fourth-order valence-electron chi connectivity index (χ4n) is 2.44. The van der Waals surface area contributed by atoms with Gasteiger partial charge in [-0.25, -0.2) is 9.97 Å². The lowest BCUT2D eigenvalue weighted by Gasteiger charge is -2.13. The summed E-state index contributed by atoms with van der Waals surface area (Å²) in [5, 5.41) is 16.2. The van der Waals surface area contributed by atoms with Crippen LogP contribution in [0.15, 0.2) is 48.5 Å². The fraction of sp³-hybridized carbons (Fsp3) is 0.105. The van der Waals surface area contributed by atoms with E-state index in [-0.39, 0.29) is 0 Å². The van der Waals surface area contributed by atoms with E-state index < -0.39 is 0 Å². The molecule has 6 nitrogen and oxygen atoms in total. The summed E-state index contributed by atoms with van der Waals surface area (Å²) in [6.07, 6.45) is 0. The zero-order valence-electron chi connectivity index (χ0n) is 14.2. The average molecular weight is 366 g/mol.